The molecule has 0 bridgehead atoms. The van der Waals surface area contributed by atoms with Crippen LogP contribution in [0.3, 0.4) is 0 Å². The van der Waals surface area contributed by atoms with Crippen LogP contribution >= 0.6 is 22.7 Å². The second-order valence-corrected chi connectivity index (χ2v) is 19.1. The lowest BCUT2D eigenvalue weighted by molar-refractivity contribution is 0.744. The fraction of sp³-hybridized carbons (Fsp3) is 0.103. The quantitative estimate of drug-likeness (QED) is 0.162. The van der Waals surface area contributed by atoms with Crippen molar-refractivity contribution in [2.75, 3.05) is 11.4 Å². The number of likely N-dealkylation sites (N-methyl/N-ethyl adjacent to an activating group) is 1. The van der Waals surface area contributed by atoms with Crippen LogP contribution in [0.5, 0.6) is 0 Å². The first kappa shape index (κ1) is 36.0. The van der Waals surface area contributed by atoms with Gasteiger partial charge in [0.25, 0.3) is 0 Å². The zero-order chi connectivity index (χ0) is 41.1. The molecule has 62 heavy (non-hydrogen) atoms. The summed E-state index contributed by atoms with van der Waals surface area (Å²) in [6.45, 7) is 6.48. The largest absolute Gasteiger partial charge is 0.364 e. The van der Waals surface area contributed by atoms with Crippen molar-refractivity contribution in [3.63, 3.8) is 0 Å². The molecule has 0 N–H and O–H groups in total. The van der Waals surface area contributed by atoms with E-state index in [-0.39, 0.29) is 0 Å². The lowest BCUT2D eigenvalue weighted by Crippen LogP contribution is -2.31. The minimum atomic E-state index is 0.428. The molecule has 0 saturated carbocycles. The fourth-order valence-electron chi connectivity index (χ4n) is 10.7. The first-order valence-electron chi connectivity index (χ1n) is 21.9. The van der Waals surface area contributed by atoms with E-state index < -0.39 is 0 Å². The van der Waals surface area contributed by atoms with Crippen molar-refractivity contribution in [3.05, 3.63) is 187 Å². The molecule has 296 valence electrons. The maximum absolute atomic E-state index is 2.56. The Balaban J connectivity index is 0.845. The van der Waals surface area contributed by atoms with Gasteiger partial charge in [0, 0.05) is 86.5 Å². The van der Waals surface area contributed by atoms with E-state index in [1.54, 1.807) is 0 Å². The maximum atomic E-state index is 2.56. The number of nitrogens with zero attached hydrogens (tertiary/aromatic N) is 2. The summed E-state index contributed by atoms with van der Waals surface area (Å²) in [5, 5.41) is 7.95. The van der Waals surface area contributed by atoms with Gasteiger partial charge in [-0.3, -0.25) is 0 Å². The maximum Gasteiger partial charge on any atom is 0.0584 e. The van der Waals surface area contributed by atoms with E-state index in [1.165, 1.54) is 123 Å². The van der Waals surface area contributed by atoms with Crippen LogP contribution in [0, 0.1) is 0 Å². The molecule has 4 heterocycles. The van der Waals surface area contributed by atoms with Gasteiger partial charge >= 0.3 is 0 Å². The molecule has 0 amide bonds. The standard InChI is InChI=1S/C58H42N2S2/c1-3-59-51-14-7-5-12-43(51)45-29-37(16-22-53(45)59)41-20-26-57-49(33-41)47-31-39(18-24-55(47)61-57)35-10-9-11-36(28-35)40-19-25-56-48(32-40)50-34-42(21-27-58(50)62-56)38-17-23-54-46(30-38)44-13-6-8-15-52(44)60(54)4-2/h5-22,24-34,54H,3-4,23H2,1-2H3. The van der Waals surface area contributed by atoms with Crippen molar-refractivity contribution in [2.24, 2.45) is 0 Å². The molecule has 0 fully saturated rings. The minimum absolute atomic E-state index is 0.428. The predicted molar refractivity (Wildman–Crippen MR) is 271 cm³/mol. The summed E-state index contributed by atoms with van der Waals surface area (Å²) < 4.78 is 7.74. The molecule has 0 saturated heterocycles. The SMILES string of the molecule is CCN1c2ccccc2C2=CC(c3ccc4sc5ccc(-c6cccc(-c7ccc8sc9ccc(-c%10ccc%11c(c%10)c%10ccccc%10n%11CC)cc9c8c7)c6)cc5c4c3)=CCC21. The van der Waals surface area contributed by atoms with Crippen LogP contribution in [0.4, 0.5) is 5.69 Å². The van der Waals surface area contributed by atoms with Gasteiger partial charge in [0.05, 0.1) is 6.04 Å². The monoisotopic (exact) mass is 830 g/mol. The zero-order valence-electron chi connectivity index (χ0n) is 34.7. The van der Waals surface area contributed by atoms with E-state index in [9.17, 15) is 0 Å². The van der Waals surface area contributed by atoms with E-state index >= 15 is 0 Å². The summed E-state index contributed by atoms with van der Waals surface area (Å²) in [5.41, 5.74) is 16.9. The number of thiophene rings is 2. The Morgan fingerprint density at radius 3 is 1.60 bits per heavy atom. The molecule has 3 aromatic heterocycles. The first-order valence-corrected chi connectivity index (χ1v) is 23.6. The molecule has 1 atom stereocenters. The lowest BCUT2D eigenvalue weighted by atomic mass is 9.89. The van der Waals surface area contributed by atoms with Crippen LogP contribution in [0.1, 0.15) is 31.4 Å². The molecule has 11 aromatic rings. The van der Waals surface area contributed by atoms with Crippen LogP contribution in [0.15, 0.2) is 176 Å². The fourth-order valence-corrected chi connectivity index (χ4v) is 12.8. The lowest BCUT2D eigenvalue weighted by Gasteiger charge is -2.28. The van der Waals surface area contributed by atoms with Gasteiger partial charge in [-0.2, -0.15) is 0 Å². The number of fused-ring (bicyclic) bond motifs is 12. The topological polar surface area (TPSA) is 8.17 Å². The van der Waals surface area contributed by atoms with Crippen molar-refractivity contribution < 1.29 is 0 Å². The predicted octanol–water partition coefficient (Wildman–Crippen LogP) is 16.6. The first-order chi connectivity index (χ1) is 30.6. The van der Waals surface area contributed by atoms with Crippen LogP contribution < -0.4 is 4.90 Å². The van der Waals surface area contributed by atoms with Crippen LogP contribution in [0.2, 0.25) is 0 Å². The Labute approximate surface area is 368 Å². The molecule has 13 rings (SSSR count). The molecule has 2 nitrogen and oxygen atoms in total. The second-order valence-electron chi connectivity index (χ2n) is 16.9. The van der Waals surface area contributed by atoms with E-state index in [4.69, 9.17) is 0 Å². The molecule has 0 radical (unpaired) electrons. The number of hydrogen-bond donors (Lipinski definition) is 0. The Hall–Kier alpha value is -6.72. The van der Waals surface area contributed by atoms with E-state index in [0.29, 0.717) is 6.04 Å². The highest BCUT2D eigenvalue weighted by Gasteiger charge is 2.34. The Morgan fingerprint density at radius 2 is 0.968 bits per heavy atom. The number of benzene rings is 8. The Kier molecular flexibility index (Phi) is 8.07. The number of aromatic nitrogens is 1. The van der Waals surface area contributed by atoms with Gasteiger partial charge in [0.1, 0.15) is 0 Å². The molecule has 1 unspecified atom stereocenters. The van der Waals surface area contributed by atoms with Gasteiger partial charge in [-0.1, -0.05) is 91.0 Å². The average Bonchev–Trinajstić information content (AvgIpc) is 4.07. The highest BCUT2D eigenvalue weighted by molar-refractivity contribution is 7.26. The van der Waals surface area contributed by atoms with Crippen LogP contribution in [-0.4, -0.2) is 17.2 Å². The molecule has 4 heteroatoms. The highest BCUT2D eigenvalue weighted by Crippen LogP contribution is 2.47. The normalized spacial score (nSPS) is 15.0. The van der Waals surface area contributed by atoms with Gasteiger partial charge in [-0.25, -0.2) is 0 Å². The summed E-state index contributed by atoms with van der Waals surface area (Å²) in [6, 6.07) is 62.4. The van der Waals surface area contributed by atoms with Gasteiger partial charge in [0.2, 0.25) is 0 Å². The molecule has 1 aliphatic heterocycles. The third-order valence-electron chi connectivity index (χ3n) is 13.7. The van der Waals surface area contributed by atoms with Crippen LogP contribution in [-0.2, 0) is 6.54 Å². The van der Waals surface area contributed by atoms with Crippen molar-refractivity contribution >= 4 is 102 Å². The zero-order valence-corrected chi connectivity index (χ0v) is 36.3. The number of anilines is 1. The van der Waals surface area contributed by atoms with E-state index in [1.807, 2.05) is 22.7 Å². The molecule has 2 aliphatic rings. The Morgan fingerprint density at radius 1 is 0.452 bits per heavy atom. The smallest absolute Gasteiger partial charge is 0.0584 e. The van der Waals surface area contributed by atoms with E-state index in [0.717, 1.165) is 19.5 Å². The van der Waals surface area contributed by atoms with Crippen molar-refractivity contribution in [1.29, 1.82) is 0 Å². The molecule has 1 aliphatic carbocycles. The van der Waals surface area contributed by atoms with Crippen LogP contribution in [0.25, 0.3) is 107 Å². The van der Waals surface area contributed by atoms with Crippen molar-refractivity contribution in [3.8, 4) is 33.4 Å². The summed E-state index contributed by atoms with van der Waals surface area (Å²) >= 11 is 3.78. The number of rotatable bonds is 6. The number of hydrogen-bond acceptors (Lipinski definition) is 3. The van der Waals surface area contributed by atoms with Gasteiger partial charge in [0.15, 0.2) is 0 Å². The summed E-state index contributed by atoms with van der Waals surface area (Å²) in [5.74, 6) is 0. The van der Waals surface area contributed by atoms with E-state index in [2.05, 4.69) is 199 Å². The summed E-state index contributed by atoms with van der Waals surface area (Å²) in [4.78, 5) is 2.56. The summed E-state index contributed by atoms with van der Waals surface area (Å²) in [7, 11) is 0. The number of para-hydroxylation sites is 2. The van der Waals surface area contributed by atoms with Crippen molar-refractivity contribution in [2.45, 2.75) is 32.9 Å². The molecule has 0 spiro atoms. The third-order valence-corrected chi connectivity index (χ3v) is 16.0. The average molecular weight is 831 g/mol. The molecule has 8 aromatic carbocycles. The summed E-state index contributed by atoms with van der Waals surface area (Å²) in [6.07, 6.45) is 5.95. The molecular formula is C58H42N2S2. The third kappa shape index (κ3) is 5.46. The number of allylic oxidation sites excluding steroid dienone is 2. The minimum Gasteiger partial charge on any atom is -0.364 e. The van der Waals surface area contributed by atoms with Gasteiger partial charge < -0.3 is 9.47 Å². The highest BCUT2D eigenvalue weighted by atomic mass is 32.1. The van der Waals surface area contributed by atoms with Gasteiger partial charge in [-0.15, -0.1) is 22.7 Å². The Bertz CT molecular complexity index is 3720. The second kappa shape index (κ2) is 13.9. The van der Waals surface area contributed by atoms with Crippen molar-refractivity contribution in [1.82, 2.24) is 4.57 Å². The van der Waals surface area contributed by atoms with Gasteiger partial charge in [-0.05, 0) is 155 Å². The number of aryl methyl sites for hydroxylation is 1. The molecular weight excluding hydrogens is 789 g/mol.